The highest BCUT2D eigenvalue weighted by molar-refractivity contribution is 5.36. The van der Waals surface area contributed by atoms with Gasteiger partial charge in [-0.05, 0) is 24.3 Å². The molecule has 0 bridgehead atoms. The van der Waals surface area contributed by atoms with E-state index in [1.165, 1.54) is 0 Å². The van der Waals surface area contributed by atoms with Crippen LogP contribution in [-0.2, 0) is 6.61 Å². The average molecular weight is 211 g/mol. The minimum atomic E-state index is 0.301. The molecule has 1 aromatic carbocycles. The van der Waals surface area contributed by atoms with Gasteiger partial charge < -0.3 is 4.74 Å². The summed E-state index contributed by atoms with van der Waals surface area (Å²) < 4.78 is 5.46. The predicted octanol–water partition coefficient (Wildman–Crippen LogP) is 1.93. The fourth-order valence-corrected chi connectivity index (χ4v) is 1.21. The Bertz CT molecular complexity index is 505. The van der Waals surface area contributed by atoms with E-state index in [0.29, 0.717) is 23.7 Å². The highest BCUT2D eigenvalue weighted by Crippen LogP contribution is 2.13. The molecule has 0 amide bonds. The molecule has 0 aliphatic carbocycles. The zero-order valence-electron chi connectivity index (χ0n) is 8.50. The summed E-state index contributed by atoms with van der Waals surface area (Å²) in [7, 11) is 0. The highest BCUT2D eigenvalue weighted by atomic mass is 16.5. The lowest BCUT2D eigenvalue weighted by Crippen LogP contribution is -2.00. The van der Waals surface area contributed by atoms with Gasteiger partial charge in [0.1, 0.15) is 12.4 Å². The Morgan fingerprint density at radius 2 is 2.00 bits per heavy atom. The molecule has 1 heterocycles. The van der Waals surface area contributed by atoms with Crippen LogP contribution in [0.3, 0.4) is 0 Å². The Labute approximate surface area is 93.2 Å². The van der Waals surface area contributed by atoms with Crippen molar-refractivity contribution in [2.24, 2.45) is 0 Å². The summed E-state index contributed by atoms with van der Waals surface area (Å²) in [6, 6.07) is 10.8. The normalized spacial score (nSPS) is 9.44. The summed E-state index contributed by atoms with van der Waals surface area (Å²) in [5.74, 6) is 1.26. The second-order valence-electron chi connectivity index (χ2n) is 3.09. The van der Waals surface area contributed by atoms with Gasteiger partial charge in [-0.2, -0.15) is 5.26 Å². The quantitative estimate of drug-likeness (QED) is 0.778. The van der Waals surface area contributed by atoms with Crippen molar-refractivity contribution in [1.29, 1.82) is 5.26 Å². The molecule has 0 aliphatic rings. The van der Waals surface area contributed by atoms with E-state index in [1.54, 1.807) is 42.7 Å². The SMILES string of the molecule is N#Cc1cccc(OCc2ncccn2)c1. The van der Waals surface area contributed by atoms with Gasteiger partial charge >= 0.3 is 0 Å². The number of rotatable bonds is 3. The number of benzene rings is 1. The molecule has 0 atom stereocenters. The molecule has 2 aromatic rings. The molecule has 0 unspecified atom stereocenters. The lowest BCUT2D eigenvalue weighted by atomic mass is 10.2. The summed E-state index contributed by atoms with van der Waals surface area (Å²) in [6.07, 6.45) is 3.33. The van der Waals surface area contributed by atoms with Gasteiger partial charge in [0, 0.05) is 12.4 Å². The summed E-state index contributed by atoms with van der Waals surface area (Å²) in [4.78, 5) is 8.07. The molecule has 2 rings (SSSR count). The van der Waals surface area contributed by atoms with Crippen LogP contribution in [0.5, 0.6) is 5.75 Å². The number of hydrogen-bond acceptors (Lipinski definition) is 4. The van der Waals surface area contributed by atoms with Crippen LogP contribution in [0.1, 0.15) is 11.4 Å². The Morgan fingerprint density at radius 1 is 1.19 bits per heavy atom. The second-order valence-corrected chi connectivity index (χ2v) is 3.09. The highest BCUT2D eigenvalue weighted by Gasteiger charge is 1.98. The van der Waals surface area contributed by atoms with Crippen molar-refractivity contribution in [1.82, 2.24) is 9.97 Å². The molecule has 0 spiro atoms. The number of nitriles is 1. The summed E-state index contributed by atoms with van der Waals surface area (Å²) in [6.45, 7) is 0.301. The van der Waals surface area contributed by atoms with Gasteiger partial charge in [0.25, 0.3) is 0 Å². The second kappa shape index (κ2) is 4.89. The van der Waals surface area contributed by atoms with E-state index < -0.39 is 0 Å². The van der Waals surface area contributed by atoms with Crippen molar-refractivity contribution in [2.75, 3.05) is 0 Å². The summed E-state index contributed by atoms with van der Waals surface area (Å²) in [5, 5.41) is 8.72. The Kier molecular flexibility index (Phi) is 3.10. The lowest BCUT2D eigenvalue weighted by Gasteiger charge is -2.04. The third kappa shape index (κ3) is 2.55. The van der Waals surface area contributed by atoms with Crippen LogP contribution in [0.25, 0.3) is 0 Å². The van der Waals surface area contributed by atoms with Crippen LogP contribution in [0, 0.1) is 11.3 Å². The fraction of sp³-hybridized carbons (Fsp3) is 0.0833. The van der Waals surface area contributed by atoms with Gasteiger partial charge in [0.05, 0.1) is 11.6 Å². The first kappa shape index (κ1) is 10.1. The van der Waals surface area contributed by atoms with Gasteiger partial charge in [0.2, 0.25) is 0 Å². The molecule has 4 heteroatoms. The molecule has 1 aromatic heterocycles. The first-order valence-corrected chi connectivity index (χ1v) is 4.77. The van der Waals surface area contributed by atoms with Crippen molar-refractivity contribution in [2.45, 2.75) is 6.61 Å². The Balaban J connectivity index is 2.03. The smallest absolute Gasteiger partial charge is 0.166 e. The topological polar surface area (TPSA) is 58.8 Å². The largest absolute Gasteiger partial charge is 0.486 e. The van der Waals surface area contributed by atoms with E-state index >= 15 is 0 Å². The number of ether oxygens (including phenoxy) is 1. The summed E-state index contributed by atoms with van der Waals surface area (Å²) in [5.41, 5.74) is 0.575. The molecule has 0 saturated heterocycles. The van der Waals surface area contributed by atoms with Crippen LogP contribution in [-0.4, -0.2) is 9.97 Å². The molecule has 0 aliphatic heterocycles. The van der Waals surface area contributed by atoms with E-state index in [-0.39, 0.29) is 0 Å². The van der Waals surface area contributed by atoms with E-state index in [2.05, 4.69) is 16.0 Å². The van der Waals surface area contributed by atoms with Crippen molar-refractivity contribution < 1.29 is 4.74 Å². The number of nitrogens with zero attached hydrogens (tertiary/aromatic N) is 3. The van der Waals surface area contributed by atoms with Gasteiger partial charge in [-0.25, -0.2) is 9.97 Å². The molecular weight excluding hydrogens is 202 g/mol. The minimum Gasteiger partial charge on any atom is -0.486 e. The van der Waals surface area contributed by atoms with Crippen LogP contribution in [0.4, 0.5) is 0 Å². The zero-order valence-corrected chi connectivity index (χ0v) is 8.50. The van der Waals surface area contributed by atoms with E-state index in [1.807, 2.05) is 0 Å². The van der Waals surface area contributed by atoms with Crippen molar-refractivity contribution >= 4 is 0 Å². The predicted molar refractivity (Wildman–Crippen MR) is 57.5 cm³/mol. The third-order valence-electron chi connectivity index (χ3n) is 1.95. The molecule has 0 saturated carbocycles. The summed E-state index contributed by atoms with van der Waals surface area (Å²) >= 11 is 0. The molecule has 78 valence electrons. The maximum atomic E-state index is 8.72. The molecule has 4 nitrogen and oxygen atoms in total. The molecule has 16 heavy (non-hydrogen) atoms. The number of aromatic nitrogens is 2. The zero-order chi connectivity index (χ0) is 11.2. The van der Waals surface area contributed by atoms with Crippen LogP contribution in [0.2, 0.25) is 0 Å². The average Bonchev–Trinajstić information content (AvgIpc) is 2.38. The number of hydrogen-bond donors (Lipinski definition) is 0. The van der Waals surface area contributed by atoms with Gasteiger partial charge in [-0.3, -0.25) is 0 Å². The standard InChI is InChI=1S/C12H9N3O/c13-8-10-3-1-4-11(7-10)16-9-12-14-5-2-6-15-12/h1-7H,9H2. The molecule has 0 fully saturated rings. The van der Waals surface area contributed by atoms with Crippen molar-refractivity contribution in [3.8, 4) is 11.8 Å². The maximum Gasteiger partial charge on any atom is 0.166 e. The first-order chi connectivity index (χ1) is 7.88. The minimum absolute atomic E-state index is 0.301. The fourth-order valence-electron chi connectivity index (χ4n) is 1.21. The van der Waals surface area contributed by atoms with E-state index in [0.717, 1.165) is 0 Å². The van der Waals surface area contributed by atoms with Gasteiger partial charge in [0.15, 0.2) is 5.82 Å². The van der Waals surface area contributed by atoms with Crippen molar-refractivity contribution in [3.05, 3.63) is 54.1 Å². The van der Waals surface area contributed by atoms with Gasteiger partial charge in [-0.15, -0.1) is 0 Å². The first-order valence-electron chi connectivity index (χ1n) is 4.77. The molecular formula is C12H9N3O. The monoisotopic (exact) mass is 211 g/mol. The van der Waals surface area contributed by atoms with Crippen LogP contribution in [0.15, 0.2) is 42.7 Å². The maximum absolute atomic E-state index is 8.72. The Morgan fingerprint density at radius 3 is 2.75 bits per heavy atom. The van der Waals surface area contributed by atoms with Crippen LogP contribution >= 0.6 is 0 Å². The third-order valence-corrected chi connectivity index (χ3v) is 1.95. The Hall–Kier alpha value is -2.41. The van der Waals surface area contributed by atoms with E-state index in [4.69, 9.17) is 10.00 Å². The molecule has 0 radical (unpaired) electrons. The van der Waals surface area contributed by atoms with Crippen LogP contribution < -0.4 is 4.74 Å². The lowest BCUT2D eigenvalue weighted by molar-refractivity contribution is 0.295. The van der Waals surface area contributed by atoms with E-state index in [9.17, 15) is 0 Å². The van der Waals surface area contributed by atoms with Gasteiger partial charge in [-0.1, -0.05) is 6.07 Å². The van der Waals surface area contributed by atoms with Crippen molar-refractivity contribution in [3.63, 3.8) is 0 Å². The molecule has 0 N–H and O–H groups in total.